The van der Waals surface area contributed by atoms with Gasteiger partial charge in [-0.15, -0.1) is 0 Å². The summed E-state index contributed by atoms with van der Waals surface area (Å²) in [4.78, 5) is 0. The van der Waals surface area contributed by atoms with Gasteiger partial charge in [-0.05, 0) is 13.3 Å². The molecule has 0 saturated carbocycles. The molecule has 0 spiro atoms. The lowest BCUT2D eigenvalue weighted by molar-refractivity contribution is 0.265. The molecule has 0 heterocycles. The second kappa shape index (κ2) is 5.50. The van der Waals surface area contributed by atoms with Gasteiger partial charge in [-0.1, -0.05) is 13.3 Å². The molecule has 0 unspecified atom stereocenters. The Hall–Kier alpha value is -0.130. The van der Waals surface area contributed by atoms with E-state index in [9.17, 15) is 8.42 Å². The Balaban J connectivity index is 3.88. The van der Waals surface area contributed by atoms with Crippen molar-refractivity contribution in [2.75, 3.05) is 12.4 Å². The topological polar surface area (TPSA) is 66.4 Å². The Labute approximate surface area is 74.0 Å². The molecule has 0 aromatic carbocycles. The number of aliphatic hydroxyl groups excluding tert-OH is 1. The average molecular weight is 195 g/mol. The van der Waals surface area contributed by atoms with Gasteiger partial charge in [0.25, 0.3) is 0 Å². The van der Waals surface area contributed by atoms with Crippen molar-refractivity contribution >= 4 is 10.0 Å². The highest BCUT2D eigenvalue weighted by atomic mass is 32.2. The fourth-order valence-corrected chi connectivity index (χ4v) is 2.21. The Morgan fingerprint density at radius 1 is 1.50 bits per heavy atom. The predicted molar refractivity (Wildman–Crippen MR) is 48.4 cm³/mol. The Kier molecular flexibility index (Phi) is 5.44. The molecule has 4 nitrogen and oxygen atoms in total. The number of hydrogen-bond acceptors (Lipinski definition) is 3. The van der Waals surface area contributed by atoms with Crippen molar-refractivity contribution in [1.29, 1.82) is 0 Å². The van der Waals surface area contributed by atoms with Crippen LogP contribution < -0.4 is 4.72 Å². The minimum absolute atomic E-state index is 0.147. The van der Waals surface area contributed by atoms with Gasteiger partial charge in [-0.25, -0.2) is 13.1 Å². The number of unbranched alkanes of at least 4 members (excludes halogenated alkanes) is 1. The largest absolute Gasteiger partial charge is 0.395 e. The number of nitrogens with one attached hydrogen (secondary N) is 1. The molecule has 0 aliphatic rings. The molecule has 74 valence electrons. The van der Waals surface area contributed by atoms with Crippen LogP contribution in [0, 0.1) is 0 Å². The number of hydrogen-bond donors (Lipinski definition) is 2. The minimum atomic E-state index is -3.17. The predicted octanol–water partition coefficient (Wildman–Crippen LogP) is 0.0867. The molecule has 0 saturated heterocycles. The summed E-state index contributed by atoms with van der Waals surface area (Å²) in [6.45, 7) is 3.40. The van der Waals surface area contributed by atoms with E-state index >= 15 is 0 Å². The van der Waals surface area contributed by atoms with Gasteiger partial charge in [0.15, 0.2) is 0 Å². The summed E-state index contributed by atoms with van der Waals surface area (Å²) in [5, 5.41) is 8.60. The smallest absolute Gasteiger partial charge is 0.211 e. The van der Waals surface area contributed by atoms with E-state index in [4.69, 9.17) is 5.11 Å². The first-order valence-electron chi connectivity index (χ1n) is 4.12. The fourth-order valence-electron chi connectivity index (χ4n) is 0.737. The van der Waals surface area contributed by atoms with Gasteiger partial charge in [-0.3, -0.25) is 0 Å². The molecule has 12 heavy (non-hydrogen) atoms. The van der Waals surface area contributed by atoms with E-state index in [1.165, 1.54) is 0 Å². The van der Waals surface area contributed by atoms with Crippen LogP contribution in [0.15, 0.2) is 0 Å². The summed E-state index contributed by atoms with van der Waals surface area (Å²) in [5.74, 6) is 0.147. The van der Waals surface area contributed by atoms with Crippen molar-refractivity contribution in [3.05, 3.63) is 0 Å². The van der Waals surface area contributed by atoms with E-state index < -0.39 is 10.0 Å². The second-order valence-corrected chi connectivity index (χ2v) is 4.75. The van der Waals surface area contributed by atoms with Crippen LogP contribution in [0.5, 0.6) is 0 Å². The maximum atomic E-state index is 11.1. The highest BCUT2D eigenvalue weighted by molar-refractivity contribution is 7.89. The Bertz CT molecular complexity index is 201. The molecule has 0 aromatic heterocycles. The molecule has 0 aromatic rings. The molecule has 1 atom stereocenters. The van der Waals surface area contributed by atoms with E-state index in [1.807, 2.05) is 6.92 Å². The van der Waals surface area contributed by atoms with Crippen LogP contribution in [-0.2, 0) is 10.0 Å². The molecule has 0 aliphatic heterocycles. The van der Waals surface area contributed by atoms with Gasteiger partial charge in [0.1, 0.15) is 0 Å². The molecule has 0 amide bonds. The van der Waals surface area contributed by atoms with Gasteiger partial charge >= 0.3 is 0 Å². The summed E-state index contributed by atoms with van der Waals surface area (Å²) in [6.07, 6.45) is 1.52. The molecule has 0 bridgehead atoms. The van der Waals surface area contributed by atoms with Crippen LogP contribution in [0.4, 0.5) is 0 Å². The number of rotatable bonds is 6. The Morgan fingerprint density at radius 2 is 2.08 bits per heavy atom. The molecule has 0 rings (SSSR count). The molecular weight excluding hydrogens is 178 g/mol. The SMILES string of the molecule is CCCCS(=O)(=O)N[C@H](C)CO. The van der Waals surface area contributed by atoms with E-state index in [-0.39, 0.29) is 18.4 Å². The lowest BCUT2D eigenvalue weighted by Crippen LogP contribution is -2.36. The summed E-state index contributed by atoms with van der Waals surface area (Å²) in [7, 11) is -3.17. The van der Waals surface area contributed by atoms with Crippen molar-refractivity contribution < 1.29 is 13.5 Å². The molecule has 2 N–H and O–H groups in total. The molecular formula is C7H17NO3S. The summed E-state index contributed by atoms with van der Waals surface area (Å²) in [6, 6.07) is -0.383. The minimum Gasteiger partial charge on any atom is -0.395 e. The quantitative estimate of drug-likeness (QED) is 0.631. The van der Waals surface area contributed by atoms with E-state index in [2.05, 4.69) is 4.72 Å². The maximum absolute atomic E-state index is 11.1. The standard InChI is InChI=1S/C7H17NO3S/c1-3-4-5-12(10,11)8-7(2)6-9/h7-9H,3-6H2,1-2H3/t7-/m1/s1. The highest BCUT2D eigenvalue weighted by Gasteiger charge is 2.12. The van der Waals surface area contributed by atoms with Gasteiger partial charge in [-0.2, -0.15) is 0 Å². The number of aliphatic hydroxyl groups is 1. The van der Waals surface area contributed by atoms with E-state index in [1.54, 1.807) is 6.92 Å². The average Bonchev–Trinajstić information content (AvgIpc) is 2.00. The van der Waals surface area contributed by atoms with Gasteiger partial charge in [0.05, 0.1) is 12.4 Å². The van der Waals surface area contributed by atoms with Crippen LogP contribution >= 0.6 is 0 Å². The molecule has 0 aliphatic carbocycles. The van der Waals surface area contributed by atoms with Crippen molar-refractivity contribution in [2.24, 2.45) is 0 Å². The van der Waals surface area contributed by atoms with Crippen LogP contribution in [0.25, 0.3) is 0 Å². The Morgan fingerprint density at radius 3 is 2.50 bits per heavy atom. The van der Waals surface area contributed by atoms with Crippen molar-refractivity contribution in [1.82, 2.24) is 4.72 Å². The number of sulfonamides is 1. The van der Waals surface area contributed by atoms with Crippen molar-refractivity contribution in [3.8, 4) is 0 Å². The normalized spacial score (nSPS) is 14.6. The van der Waals surface area contributed by atoms with Crippen LogP contribution in [0.1, 0.15) is 26.7 Å². The lowest BCUT2D eigenvalue weighted by Gasteiger charge is -2.10. The first kappa shape index (κ1) is 11.9. The summed E-state index contributed by atoms with van der Waals surface area (Å²) >= 11 is 0. The third kappa shape index (κ3) is 5.51. The zero-order chi connectivity index (χ0) is 9.61. The van der Waals surface area contributed by atoms with Crippen LogP contribution in [0.2, 0.25) is 0 Å². The van der Waals surface area contributed by atoms with Gasteiger partial charge < -0.3 is 5.11 Å². The third-order valence-electron chi connectivity index (χ3n) is 1.42. The van der Waals surface area contributed by atoms with E-state index in [0.717, 1.165) is 6.42 Å². The first-order valence-corrected chi connectivity index (χ1v) is 5.78. The second-order valence-electron chi connectivity index (χ2n) is 2.87. The first-order chi connectivity index (χ1) is 5.52. The third-order valence-corrected chi connectivity index (χ3v) is 3.01. The monoisotopic (exact) mass is 195 g/mol. The zero-order valence-electron chi connectivity index (χ0n) is 7.58. The van der Waals surface area contributed by atoms with Crippen molar-refractivity contribution in [3.63, 3.8) is 0 Å². The van der Waals surface area contributed by atoms with Crippen LogP contribution in [-0.4, -0.2) is 31.9 Å². The lowest BCUT2D eigenvalue weighted by atomic mass is 10.4. The maximum Gasteiger partial charge on any atom is 0.211 e. The summed E-state index contributed by atoms with van der Waals surface area (Å²) < 4.78 is 24.6. The van der Waals surface area contributed by atoms with Crippen LogP contribution in [0.3, 0.4) is 0 Å². The highest BCUT2D eigenvalue weighted by Crippen LogP contribution is 1.94. The van der Waals surface area contributed by atoms with Gasteiger partial charge in [0, 0.05) is 6.04 Å². The zero-order valence-corrected chi connectivity index (χ0v) is 8.39. The molecule has 0 radical (unpaired) electrons. The summed E-state index contributed by atoms with van der Waals surface area (Å²) in [5.41, 5.74) is 0. The van der Waals surface area contributed by atoms with Crippen molar-refractivity contribution in [2.45, 2.75) is 32.7 Å². The molecule has 5 heteroatoms. The van der Waals surface area contributed by atoms with E-state index in [0.29, 0.717) is 6.42 Å². The van der Waals surface area contributed by atoms with Gasteiger partial charge in [0.2, 0.25) is 10.0 Å². The fraction of sp³-hybridized carbons (Fsp3) is 1.00. The molecule has 0 fully saturated rings.